The van der Waals surface area contributed by atoms with Gasteiger partial charge in [-0.1, -0.05) is 6.92 Å². The number of β-amino-alcohol motifs (C(OH)–C–C–N with tert-alkyl or cyclic N) is 1. The van der Waals surface area contributed by atoms with E-state index in [2.05, 4.69) is 21.6 Å². The van der Waals surface area contributed by atoms with Crippen LogP contribution in [0.15, 0.2) is 0 Å². The molecule has 0 aromatic heterocycles. The van der Waals surface area contributed by atoms with Gasteiger partial charge in [-0.25, -0.2) is 0 Å². The Balaban J connectivity index is 1.59. The molecular weight excluding hydrogens is 202 g/mol. The molecule has 0 unspecified atom stereocenters. The highest BCUT2D eigenvalue weighted by atomic mass is 16.3. The molecule has 2 saturated heterocycles. The van der Waals surface area contributed by atoms with Crippen molar-refractivity contribution in [3.05, 3.63) is 0 Å². The highest BCUT2D eigenvalue weighted by Crippen LogP contribution is 2.16. The van der Waals surface area contributed by atoms with E-state index in [1.165, 1.54) is 39.3 Å². The number of nitrogens with zero attached hydrogens (tertiary/aromatic N) is 3. The molecule has 0 atom stereocenters. The Kier molecular flexibility index (Phi) is 4.58. The van der Waals surface area contributed by atoms with Crippen LogP contribution in [0, 0.1) is 5.92 Å². The van der Waals surface area contributed by atoms with E-state index in [1.807, 2.05) is 0 Å². The van der Waals surface area contributed by atoms with Crippen LogP contribution in [0.5, 0.6) is 0 Å². The third-order valence-electron chi connectivity index (χ3n) is 3.88. The summed E-state index contributed by atoms with van der Waals surface area (Å²) in [6, 6.07) is 0. The summed E-state index contributed by atoms with van der Waals surface area (Å²) in [7, 11) is 0. The monoisotopic (exact) mass is 227 g/mol. The van der Waals surface area contributed by atoms with Gasteiger partial charge in [-0.05, 0) is 12.5 Å². The third-order valence-corrected chi connectivity index (χ3v) is 3.88. The Labute approximate surface area is 98.8 Å². The van der Waals surface area contributed by atoms with Crippen molar-refractivity contribution in [3.63, 3.8) is 0 Å². The van der Waals surface area contributed by atoms with E-state index in [-0.39, 0.29) is 0 Å². The maximum atomic E-state index is 8.87. The van der Waals surface area contributed by atoms with Gasteiger partial charge in [0.15, 0.2) is 0 Å². The predicted octanol–water partition coefficient (Wildman–Crippen LogP) is -0.452. The van der Waals surface area contributed by atoms with Gasteiger partial charge in [-0.15, -0.1) is 0 Å². The molecule has 2 aliphatic heterocycles. The third kappa shape index (κ3) is 3.17. The second-order valence-electron chi connectivity index (χ2n) is 5.08. The second-order valence-corrected chi connectivity index (χ2v) is 5.08. The van der Waals surface area contributed by atoms with Crippen molar-refractivity contribution in [2.24, 2.45) is 5.92 Å². The Morgan fingerprint density at radius 3 is 2.19 bits per heavy atom. The Bertz CT molecular complexity index is 198. The molecule has 1 N–H and O–H groups in total. The Morgan fingerprint density at radius 2 is 1.62 bits per heavy atom. The molecule has 2 fully saturated rings. The quantitative estimate of drug-likeness (QED) is 0.689. The van der Waals surface area contributed by atoms with Gasteiger partial charge < -0.3 is 14.9 Å². The van der Waals surface area contributed by atoms with Crippen molar-refractivity contribution in [1.29, 1.82) is 0 Å². The number of hydrogen-bond donors (Lipinski definition) is 1. The van der Waals surface area contributed by atoms with Crippen LogP contribution in [0.25, 0.3) is 0 Å². The van der Waals surface area contributed by atoms with Crippen LogP contribution in [-0.2, 0) is 0 Å². The van der Waals surface area contributed by atoms with Crippen molar-refractivity contribution in [3.8, 4) is 0 Å². The van der Waals surface area contributed by atoms with Crippen LogP contribution in [-0.4, -0.2) is 85.3 Å². The number of piperazine rings is 1. The molecule has 0 spiro atoms. The van der Waals surface area contributed by atoms with Crippen LogP contribution >= 0.6 is 0 Å². The van der Waals surface area contributed by atoms with Crippen LogP contribution < -0.4 is 0 Å². The summed E-state index contributed by atoms with van der Waals surface area (Å²) in [5, 5.41) is 8.87. The van der Waals surface area contributed by atoms with Crippen LogP contribution in [0.2, 0.25) is 0 Å². The molecule has 94 valence electrons. The summed E-state index contributed by atoms with van der Waals surface area (Å²) < 4.78 is 0. The van der Waals surface area contributed by atoms with Crippen molar-refractivity contribution in [2.75, 3.05) is 65.5 Å². The van der Waals surface area contributed by atoms with E-state index in [0.29, 0.717) is 6.61 Å². The lowest BCUT2D eigenvalue weighted by Crippen LogP contribution is -2.54. The van der Waals surface area contributed by atoms with Gasteiger partial charge in [0.05, 0.1) is 6.61 Å². The lowest BCUT2D eigenvalue weighted by atomic mass is 9.99. The number of hydrogen-bond acceptors (Lipinski definition) is 4. The number of aliphatic hydroxyl groups excluding tert-OH is 1. The van der Waals surface area contributed by atoms with E-state index in [9.17, 15) is 0 Å². The molecule has 2 aliphatic rings. The first-order chi connectivity index (χ1) is 7.81. The van der Waals surface area contributed by atoms with Gasteiger partial charge in [0.1, 0.15) is 0 Å². The summed E-state index contributed by atoms with van der Waals surface area (Å²) in [6.07, 6.45) is 0. The molecule has 0 aliphatic carbocycles. The zero-order chi connectivity index (χ0) is 11.4. The highest BCUT2D eigenvalue weighted by molar-refractivity contribution is 4.83. The Hall–Kier alpha value is -0.160. The topological polar surface area (TPSA) is 30.0 Å². The zero-order valence-corrected chi connectivity index (χ0v) is 10.4. The highest BCUT2D eigenvalue weighted by Gasteiger charge is 2.28. The summed E-state index contributed by atoms with van der Waals surface area (Å²) in [6.45, 7) is 13.1. The molecule has 2 heterocycles. The zero-order valence-electron chi connectivity index (χ0n) is 10.4. The minimum absolute atomic E-state index is 0.300. The summed E-state index contributed by atoms with van der Waals surface area (Å²) in [5.74, 6) is 0.907. The minimum atomic E-state index is 0.300. The van der Waals surface area contributed by atoms with Crippen LogP contribution in [0.1, 0.15) is 6.92 Å². The van der Waals surface area contributed by atoms with Crippen molar-refractivity contribution < 1.29 is 5.11 Å². The molecule has 0 bridgehead atoms. The fourth-order valence-corrected chi connectivity index (χ4v) is 2.75. The molecule has 0 saturated carbocycles. The number of rotatable bonds is 5. The first kappa shape index (κ1) is 12.3. The fraction of sp³-hybridized carbons (Fsp3) is 1.00. The summed E-state index contributed by atoms with van der Waals surface area (Å²) in [5.41, 5.74) is 0. The molecular formula is C12H25N3O. The molecule has 2 rings (SSSR count). The maximum absolute atomic E-state index is 8.87. The largest absolute Gasteiger partial charge is 0.395 e. The molecule has 0 aromatic rings. The Morgan fingerprint density at radius 1 is 1.00 bits per heavy atom. The summed E-state index contributed by atoms with van der Waals surface area (Å²) >= 11 is 0. The van der Waals surface area contributed by atoms with Gasteiger partial charge in [-0.3, -0.25) is 4.90 Å². The van der Waals surface area contributed by atoms with E-state index < -0.39 is 0 Å². The van der Waals surface area contributed by atoms with E-state index in [0.717, 1.165) is 25.6 Å². The molecule has 4 nitrogen and oxygen atoms in total. The van der Waals surface area contributed by atoms with Gasteiger partial charge in [0.2, 0.25) is 0 Å². The SMILES string of the molecule is CCN1CC(CN2CCN(CCO)CC2)C1. The van der Waals surface area contributed by atoms with Crippen molar-refractivity contribution >= 4 is 0 Å². The van der Waals surface area contributed by atoms with Gasteiger partial charge in [0, 0.05) is 52.4 Å². The first-order valence-corrected chi connectivity index (χ1v) is 6.59. The number of likely N-dealkylation sites (tertiary alicyclic amines) is 1. The molecule has 16 heavy (non-hydrogen) atoms. The summed E-state index contributed by atoms with van der Waals surface area (Å²) in [4.78, 5) is 7.45. The maximum Gasteiger partial charge on any atom is 0.0558 e. The van der Waals surface area contributed by atoms with Crippen molar-refractivity contribution in [2.45, 2.75) is 6.92 Å². The molecule has 0 radical (unpaired) electrons. The average Bonchev–Trinajstić information content (AvgIpc) is 2.25. The normalized spacial score (nSPS) is 25.9. The first-order valence-electron chi connectivity index (χ1n) is 6.59. The van der Waals surface area contributed by atoms with Crippen LogP contribution in [0.4, 0.5) is 0 Å². The van der Waals surface area contributed by atoms with E-state index in [4.69, 9.17) is 5.11 Å². The smallest absolute Gasteiger partial charge is 0.0558 e. The lowest BCUT2D eigenvalue weighted by Gasteiger charge is -2.43. The van der Waals surface area contributed by atoms with Crippen LogP contribution in [0.3, 0.4) is 0 Å². The van der Waals surface area contributed by atoms with Crippen molar-refractivity contribution in [1.82, 2.24) is 14.7 Å². The molecule has 0 amide bonds. The minimum Gasteiger partial charge on any atom is -0.395 e. The molecule has 4 heteroatoms. The number of aliphatic hydroxyl groups is 1. The van der Waals surface area contributed by atoms with Gasteiger partial charge in [0.25, 0.3) is 0 Å². The fourth-order valence-electron chi connectivity index (χ4n) is 2.75. The van der Waals surface area contributed by atoms with E-state index >= 15 is 0 Å². The average molecular weight is 227 g/mol. The van der Waals surface area contributed by atoms with Gasteiger partial charge in [-0.2, -0.15) is 0 Å². The molecule has 0 aromatic carbocycles. The second kappa shape index (κ2) is 5.96. The van der Waals surface area contributed by atoms with E-state index in [1.54, 1.807) is 0 Å². The van der Waals surface area contributed by atoms with Gasteiger partial charge >= 0.3 is 0 Å². The lowest BCUT2D eigenvalue weighted by molar-refractivity contribution is 0.0468. The predicted molar refractivity (Wildman–Crippen MR) is 65.6 cm³/mol. The standard InChI is InChI=1S/C12H25N3O/c1-2-13-9-12(10-13)11-15-5-3-14(4-6-15)7-8-16/h12,16H,2-11H2,1H3.